The Morgan fingerprint density at radius 1 is 1.24 bits per heavy atom. The largest absolute Gasteiger partial charge is 0.350 e. The quantitative estimate of drug-likeness (QED) is 0.889. The Morgan fingerprint density at radius 3 is 2.71 bits per heavy atom. The number of carbonyl (C=O) groups excluding carboxylic acids is 1. The molecule has 106 valence electrons. The maximum Gasteiger partial charge on any atom is 0.230 e. The Bertz CT molecular complexity index is 620. The molecular formula is C16H15N3OS. The number of amides is 1. The number of aromatic nitrogens is 1. The molecule has 0 aliphatic carbocycles. The van der Waals surface area contributed by atoms with E-state index >= 15 is 0 Å². The van der Waals surface area contributed by atoms with Crippen molar-refractivity contribution in [3.05, 3.63) is 65.5 Å². The molecule has 21 heavy (non-hydrogen) atoms. The molecule has 0 aliphatic rings. The van der Waals surface area contributed by atoms with Gasteiger partial charge in [0.2, 0.25) is 5.91 Å². The normalized spacial score (nSPS) is 9.86. The van der Waals surface area contributed by atoms with Crippen molar-refractivity contribution in [1.82, 2.24) is 10.3 Å². The molecule has 1 heterocycles. The van der Waals surface area contributed by atoms with Crippen LogP contribution in [0.2, 0.25) is 0 Å². The Labute approximate surface area is 128 Å². The summed E-state index contributed by atoms with van der Waals surface area (Å²) in [4.78, 5) is 15.9. The smallest absolute Gasteiger partial charge is 0.230 e. The summed E-state index contributed by atoms with van der Waals surface area (Å²) in [5.74, 6) is 1.16. The second-order valence-corrected chi connectivity index (χ2v) is 5.38. The van der Waals surface area contributed by atoms with E-state index in [4.69, 9.17) is 5.26 Å². The summed E-state index contributed by atoms with van der Waals surface area (Å²) in [5.41, 5.74) is 2.61. The first kappa shape index (κ1) is 15.1. The number of nitrogens with one attached hydrogen (secondary N) is 1. The number of rotatable bonds is 6. The predicted molar refractivity (Wildman–Crippen MR) is 83.4 cm³/mol. The molecule has 1 N–H and O–H groups in total. The van der Waals surface area contributed by atoms with Crippen LogP contribution in [0.4, 0.5) is 0 Å². The van der Waals surface area contributed by atoms with Crippen LogP contribution < -0.4 is 5.32 Å². The standard InChI is InChI=1S/C16H15N3OS/c17-9-13-4-6-14(7-5-13)11-21-12-16(20)19-10-15-3-1-2-8-18-15/h1-8H,10-12H2,(H,19,20). The van der Waals surface area contributed by atoms with Gasteiger partial charge in [-0.15, -0.1) is 11.8 Å². The molecule has 0 radical (unpaired) electrons. The topological polar surface area (TPSA) is 65.8 Å². The number of nitriles is 1. The lowest BCUT2D eigenvalue weighted by molar-refractivity contribution is -0.118. The fraction of sp³-hybridized carbons (Fsp3) is 0.188. The maximum atomic E-state index is 11.7. The molecule has 0 fully saturated rings. The van der Waals surface area contributed by atoms with Crippen molar-refractivity contribution in [2.75, 3.05) is 5.75 Å². The second kappa shape index (κ2) is 8.08. The molecule has 0 aliphatic heterocycles. The lowest BCUT2D eigenvalue weighted by Gasteiger charge is -2.05. The van der Waals surface area contributed by atoms with Gasteiger partial charge >= 0.3 is 0 Å². The first-order chi connectivity index (χ1) is 10.3. The van der Waals surface area contributed by atoms with E-state index in [1.165, 1.54) is 0 Å². The van der Waals surface area contributed by atoms with Crippen LogP contribution in [-0.4, -0.2) is 16.6 Å². The maximum absolute atomic E-state index is 11.7. The zero-order valence-corrected chi connectivity index (χ0v) is 12.3. The molecule has 1 aromatic heterocycles. The van der Waals surface area contributed by atoms with E-state index in [-0.39, 0.29) is 5.91 Å². The van der Waals surface area contributed by atoms with E-state index in [9.17, 15) is 4.79 Å². The molecule has 0 saturated carbocycles. The summed E-state index contributed by atoms with van der Waals surface area (Å²) < 4.78 is 0. The van der Waals surface area contributed by atoms with E-state index in [2.05, 4.69) is 16.4 Å². The number of thioether (sulfide) groups is 1. The lowest BCUT2D eigenvalue weighted by atomic mass is 10.2. The highest BCUT2D eigenvalue weighted by Gasteiger charge is 2.02. The van der Waals surface area contributed by atoms with Crippen LogP contribution in [0.25, 0.3) is 0 Å². The third-order valence-electron chi connectivity index (χ3n) is 2.78. The van der Waals surface area contributed by atoms with Gasteiger partial charge in [0.05, 0.1) is 29.6 Å². The highest BCUT2D eigenvalue weighted by Crippen LogP contribution is 2.12. The van der Waals surface area contributed by atoms with Gasteiger partial charge in [0, 0.05) is 11.9 Å². The molecule has 0 unspecified atom stereocenters. The highest BCUT2D eigenvalue weighted by molar-refractivity contribution is 7.99. The summed E-state index contributed by atoms with van der Waals surface area (Å²) in [6.45, 7) is 0.455. The van der Waals surface area contributed by atoms with Crippen LogP contribution in [0.5, 0.6) is 0 Å². The van der Waals surface area contributed by atoms with Crippen LogP contribution in [0, 0.1) is 11.3 Å². The van der Waals surface area contributed by atoms with E-state index in [1.807, 2.05) is 30.3 Å². The Morgan fingerprint density at radius 2 is 2.05 bits per heavy atom. The second-order valence-electron chi connectivity index (χ2n) is 4.40. The van der Waals surface area contributed by atoms with Crippen LogP contribution >= 0.6 is 11.8 Å². The predicted octanol–water partition coefficient (Wildman–Crippen LogP) is 2.50. The Kier molecular flexibility index (Phi) is 5.80. The van der Waals surface area contributed by atoms with Gasteiger partial charge in [-0.25, -0.2) is 0 Å². The van der Waals surface area contributed by atoms with Crippen molar-refractivity contribution < 1.29 is 4.79 Å². The number of carbonyl (C=O) groups is 1. The number of benzene rings is 1. The molecule has 0 spiro atoms. The first-order valence-electron chi connectivity index (χ1n) is 6.51. The minimum absolute atomic E-state index is 0.000650. The molecule has 0 saturated heterocycles. The average molecular weight is 297 g/mol. The van der Waals surface area contributed by atoms with Gasteiger partial charge in [0.15, 0.2) is 0 Å². The average Bonchev–Trinajstić information content (AvgIpc) is 2.54. The molecule has 2 rings (SSSR count). The molecule has 1 amide bonds. The van der Waals surface area contributed by atoms with E-state index in [1.54, 1.807) is 30.1 Å². The number of hydrogen-bond acceptors (Lipinski definition) is 4. The van der Waals surface area contributed by atoms with E-state index < -0.39 is 0 Å². The van der Waals surface area contributed by atoms with Gasteiger partial charge in [-0.3, -0.25) is 9.78 Å². The van der Waals surface area contributed by atoms with Crippen molar-refractivity contribution >= 4 is 17.7 Å². The van der Waals surface area contributed by atoms with Gasteiger partial charge in [0.1, 0.15) is 0 Å². The first-order valence-corrected chi connectivity index (χ1v) is 7.67. The van der Waals surface area contributed by atoms with Gasteiger partial charge in [0.25, 0.3) is 0 Å². The van der Waals surface area contributed by atoms with E-state index in [0.717, 1.165) is 17.0 Å². The Balaban J connectivity index is 1.68. The highest BCUT2D eigenvalue weighted by atomic mass is 32.2. The van der Waals surface area contributed by atoms with Crippen LogP contribution in [0.1, 0.15) is 16.8 Å². The zero-order valence-electron chi connectivity index (χ0n) is 11.5. The molecular weight excluding hydrogens is 282 g/mol. The van der Waals surface area contributed by atoms with Gasteiger partial charge in [-0.2, -0.15) is 5.26 Å². The third-order valence-corrected chi connectivity index (χ3v) is 3.78. The fourth-order valence-corrected chi connectivity index (χ4v) is 2.50. The lowest BCUT2D eigenvalue weighted by Crippen LogP contribution is -2.25. The number of nitrogens with zero attached hydrogens (tertiary/aromatic N) is 2. The molecule has 0 atom stereocenters. The molecule has 5 heteroatoms. The van der Waals surface area contributed by atoms with E-state index in [0.29, 0.717) is 17.9 Å². The van der Waals surface area contributed by atoms with Crippen molar-refractivity contribution in [2.24, 2.45) is 0 Å². The van der Waals surface area contributed by atoms with Gasteiger partial charge in [-0.1, -0.05) is 18.2 Å². The summed E-state index contributed by atoms with van der Waals surface area (Å²) in [6.07, 6.45) is 1.71. The minimum Gasteiger partial charge on any atom is -0.350 e. The van der Waals surface area contributed by atoms with Crippen LogP contribution in [0.15, 0.2) is 48.7 Å². The van der Waals surface area contributed by atoms with Crippen LogP contribution in [-0.2, 0) is 17.1 Å². The molecule has 2 aromatic rings. The van der Waals surface area contributed by atoms with Crippen molar-refractivity contribution in [3.63, 3.8) is 0 Å². The third kappa shape index (κ3) is 5.28. The van der Waals surface area contributed by atoms with Crippen LogP contribution in [0.3, 0.4) is 0 Å². The Hall–Kier alpha value is -2.32. The SMILES string of the molecule is N#Cc1ccc(CSCC(=O)NCc2ccccn2)cc1. The molecule has 0 bridgehead atoms. The molecule has 4 nitrogen and oxygen atoms in total. The monoisotopic (exact) mass is 297 g/mol. The van der Waals surface area contributed by atoms with Gasteiger partial charge < -0.3 is 5.32 Å². The molecule has 1 aromatic carbocycles. The van der Waals surface area contributed by atoms with Gasteiger partial charge in [-0.05, 0) is 29.8 Å². The minimum atomic E-state index is -0.000650. The number of pyridine rings is 1. The van der Waals surface area contributed by atoms with Crippen molar-refractivity contribution in [2.45, 2.75) is 12.3 Å². The fourth-order valence-electron chi connectivity index (χ4n) is 1.68. The summed E-state index contributed by atoms with van der Waals surface area (Å²) in [6, 6.07) is 15.1. The summed E-state index contributed by atoms with van der Waals surface area (Å²) in [5, 5.41) is 11.6. The number of hydrogen-bond donors (Lipinski definition) is 1. The summed E-state index contributed by atoms with van der Waals surface area (Å²) >= 11 is 1.55. The van der Waals surface area contributed by atoms with Crippen molar-refractivity contribution in [3.8, 4) is 6.07 Å². The van der Waals surface area contributed by atoms with Crippen molar-refractivity contribution in [1.29, 1.82) is 5.26 Å². The summed E-state index contributed by atoms with van der Waals surface area (Å²) in [7, 11) is 0. The zero-order chi connectivity index (χ0) is 14.9.